The second kappa shape index (κ2) is 8.27. The van der Waals surface area contributed by atoms with Gasteiger partial charge >= 0.3 is 12.1 Å². The van der Waals surface area contributed by atoms with Crippen LogP contribution in [0.3, 0.4) is 0 Å². The lowest BCUT2D eigenvalue weighted by Crippen LogP contribution is -2.66. The van der Waals surface area contributed by atoms with Gasteiger partial charge in [0.15, 0.2) is 0 Å². The molecule has 2 amide bonds. The minimum Gasteiger partial charge on any atom is -0.468 e. The number of carbonyl (C=O) groups excluding carboxylic acids is 3. The van der Waals surface area contributed by atoms with Crippen molar-refractivity contribution in [1.82, 2.24) is 15.5 Å². The molecule has 0 aromatic heterocycles. The van der Waals surface area contributed by atoms with Gasteiger partial charge in [0.1, 0.15) is 18.0 Å². The van der Waals surface area contributed by atoms with E-state index in [4.69, 9.17) is 4.74 Å². The van der Waals surface area contributed by atoms with Gasteiger partial charge in [0, 0.05) is 25.0 Å². The molecule has 2 atom stereocenters. The molecule has 0 saturated heterocycles. The van der Waals surface area contributed by atoms with Gasteiger partial charge in [0.05, 0.1) is 13.7 Å². The van der Waals surface area contributed by atoms with E-state index in [0.29, 0.717) is 31.3 Å². The normalized spacial score (nSPS) is 31.3. The predicted molar refractivity (Wildman–Crippen MR) is 115 cm³/mol. The van der Waals surface area contributed by atoms with E-state index in [1.807, 2.05) is 0 Å². The van der Waals surface area contributed by atoms with Gasteiger partial charge in [-0.1, -0.05) is 6.07 Å². The zero-order chi connectivity index (χ0) is 23.2. The molecule has 9 heteroatoms. The maximum absolute atomic E-state index is 13.5. The van der Waals surface area contributed by atoms with E-state index in [9.17, 15) is 18.8 Å². The Hall–Kier alpha value is -2.68. The summed E-state index contributed by atoms with van der Waals surface area (Å²) < 4.78 is 24.0. The molecule has 4 saturated carbocycles. The molecule has 1 aliphatic heterocycles. The smallest absolute Gasteiger partial charge is 0.408 e. The number of hydrogen-bond donors (Lipinski definition) is 2. The molecule has 5 aliphatic rings. The summed E-state index contributed by atoms with van der Waals surface area (Å²) in [4.78, 5) is 38.4. The fourth-order valence-electron chi connectivity index (χ4n) is 6.87. The van der Waals surface area contributed by atoms with Gasteiger partial charge in [-0.25, -0.2) is 9.18 Å². The maximum atomic E-state index is 13.5. The highest BCUT2D eigenvalue weighted by Crippen LogP contribution is 2.58. The summed E-state index contributed by atoms with van der Waals surface area (Å²) in [5.74, 6) is 0.0762. The zero-order valence-corrected chi connectivity index (χ0v) is 18.8. The van der Waals surface area contributed by atoms with Crippen molar-refractivity contribution in [2.45, 2.75) is 62.8 Å². The number of benzene rings is 1. The van der Waals surface area contributed by atoms with E-state index in [1.165, 1.54) is 19.2 Å². The first kappa shape index (κ1) is 22.1. The Morgan fingerprint density at radius 1 is 1.09 bits per heavy atom. The average Bonchev–Trinajstić information content (AvgIpc) is 3.18. The number of alkyl carbamates (subject to hydrolysis) is 1. The maximum Gasteiger partial charge on any atom is 0.408 e. The SMILES string of the molecule is COC(=O)CNC(=O)OC12CC3CC(CC(NCC(=O)N4Cc5ccc(F)cc5C4)(C3)C1)C2. The van der Waals surface area contributed by atoms with Gasteiger partial charge in [-0.3, -0.25) is 9.59 Å². The highest BCUT2D eigenvalue weighted by atomic mass is 19.1. The third-order valence-electron chi connectivity index (χ3n) is 7.78. The van der Waals surface area contributed by atoms with E-state index in [0.717, 1.165) is 43.2 Å². The zero-order valence-electron chi connectivity index (χ0n) is 18.8. The van der Waals surface area contributed by atoms with Crippen LogP contribution in [0.25, 0.3) is 0 Å². The fraction of sp³-hybridized carbons (Fsp3) is 0.625. The molecular formula is C24H30FN3O5. The van der Waals surface area contributed by atoms with Gasteiger partial charge < -0.3 is 25.0 Å². The Balaban J connectivity index is 1.21. The number of esters is 1. The molecule has 0 spiro atoms. The number of ether oxygens (including phenoxy) is 2. The summed E-state index contributed by atoms with van der Waals surface area (Å²) in [6, 6.07) is 4.68. The van der Waals surface area contributed by atoms with Crippen LogP contribution in [0, 0.1) is 17.7 Å². The number of rotatable bonds is 6. The molecule has 1 aromatic carbocycles. The molecule has 0 radical (unpaired) electrons. The van der Waals surface area contributed by atoms with E-state index < -0.39 is 17.7 Å². The lowest BCUT2D eigenvalue weighted by molar-refractivity contribution is -0.149. The second-order valence-corrected chi connectivity index (χ2v) is 10.3. The molecule has 4 bridgehead atoms. The van der Waals surface area contributed by atoms with Crippen LogP contribution >= 0.6 is 0 Å². The first-order valence-electron chi connectivity index (χ1n) is 11.6. The first-order chi connectivity index (χ1) is 15.8. The second-order valence-electron chi connectivity index (χ2n) is 10.3. The van der Waals surface area contributed by atoms with Crippen LogP contribution in [0.5, 0.6) is 0 Å². The van der Waals surface area contributed by atoms with Crippen LogP contribution in [-0.4, -0.2) is 54.2 Å². The molecule has 4 aliphatic carbocycles. The van der Waals surface area contributed by atoms with Crippen molar-refractivity contribution in [3.05, 3.63) is 35.1 Å². The summed E-state index contributed by atoms with van der Waals surface area (Å²) in [5.41, 5.74) is 1.05. The number of halogens is 1. The van der Waals surface area contributed by atoms with Gasteiger partial charge in [-0.05, 0) is 67.2 Å². The lowest BCUT2D eigenvalue weighted by Gasteiger charge is -2.61. The topological polar surface area (TPSA) is 97.0 Å². The van der Waals surface area contributed by atoms with Crippen LogP contribution in [0.4, 0.5) is 9.18 Å². The summed E-state index contributed by atoms with van der Waals surface area (Å²) in [7, 11) is 1.27. The average molecular weight is 460 g/mol. The Morgan fingerprint density at radius 3 is 2.55 bits per heavy atom. The molecule has 178 valence electrons. The van der Waals surface area contributed by atoms with Crippen molar-refractivity contribution < 1.29 is 28.2 Å². The van der Waals surface area contributed by atoms with Crippen molar-refractivity contribution in [1.29, 1.82) is 0 Å². The quantitative estimate of drug-likeness (QED) is 0.634. The van der Waals surface area contributed by atoms with E-state index in [2.05, 4.69) is 15.4 Å². The highest BCUT2D eigenvalue weighted by molar-refractivity contribution is 5.79. The van der Waals surface area contributed by atoms with Crippen LogP contribution in [0.15, 0.2) is 18.2 Å². The van der Waals surface area contributed by atoms with Crippen molar-refractivity contribution in [3.8, 4) is 0 Å². The van der Waals surface area contributed by atoms with Gasteiger partial charge in [0.2, 0.25) is 5.91 Å². The van der Waals surface area contributed by atoms with E-state index >= 15 is 0 Å². The van der Waals surface area contributed by atoms with Crippen molar-refractivity contribution >= 4 is 18.0 Å². The Bertz CT molecular complexity index is 969. The van der Waals surface area contributed by atoms with Crippen LogP contribution < -0.4 is 10.6 Å². The molecule has 6 rings (SSSR count). The fourth-order valence-corrected chi connectivity index (χ4v) is 6.87. The minimum absolute atomic E-state index is 0.00635. The summed E-state index contributed by atoms with van der Waals surface area (Å²) >= 11 is 0. The molecule has 33 heavy (non-hydrogen) atoms. The number of nitrogens with one attached hydrogen (secondary N) is 2. The van der Waals surface area contributed by atoms with Crippen LogP contribution in [0.1, 0.15) is 49.7 Å². The standard InChI is InChI=1S/C24H30FN3O5/c1-32-21(30)11-26-22(31)33-24-8-15-4-16(9-24)7-23(6-15,14-24)27-10-20(29)28-12-17-2-3-19(25)5-18(17)13-28/h2-3,5,15-16,27H,4,6-14H2,1H3,(H,26,31). The van der Waals surface area contributed by atoms with E-state index in [1.54, 1.807) is 11.0 Å². The third kappa shape index (κ3) is 4.43. The van der Waals surface area contributed by atoms with Gasteiger partial charge in [-0.15, -0.1) is 0 Å². The number of amides is 2. The Labute approximate surface area is 192 Å². The predicted octanol–water partition coefficient (Wildman–Crippen LogP) is 2.25. The Morgan fingerprint density at radius 2 is 1.82 bits per heavy atom. The monoisotopic (exact) mass is 459 g/mol. The number of hydrogen-bond acceptors (Lipinski definition) is 6. The molecule has 4 fully saturated rings. The van der Waals surface area contributed by atoms with Crippen molar-refractivity contribution in [2.75, 3.05) is 20.2 Å². The van der Waals surface area contributed by atoms with E-state index in [-0.39, 0.29) is 30.4 Å². The number of fused-ring (bicyclic) bond motifs is 1. The van der Waals surface area contributed by atoms with Crippen LogP contribution in [-0.2, 0) is 32.2 Å². The first-order valence-corrected chi connectivity index (χ1v) is 11.6. The molecule has 1 aromatic rings. The summed E-state index contributed by atoms with van der Waals surface area (Å²) in [6.45, 7) is 0.917. The molecule has 2 N–H and O–H groups in total. The van der Waals surface area contributed by atoms with Gasteiger partial charge in [0.25, 0.3) is 0 Å². The molecule has 8 nitrogen and oxygen atoms in total. The van der Waals surface area contributed by atoms with Crippen molar-refractivity contribution in [2.24, 2.45) is 11.8 Å². The third-order valence-corrected chi connectivity index (χ3v) is 7.78. The van der Waals surface area contributed by atoms with Gasteiger partial charge in [-0.2, -0.15) is 0 Å². The summed E-state index contributed by atoms with van der Waals surface area (Å²) in [6.07, 6.45) is 4.76. The molecule has 2 unspecified atom stereocenters. The van der Waals surface area contributed by atoms with Crippen molar-refractivity contribution in [3.63, 3.8) is 0 Å². The molecular weight excluding hydrogens is 429 g/mol. The lowest BCUT2D eigenvalue weighted by atomic mass is 9.51. The largest absolute Gasteiger partial charge is 0.468 e. The Kier molecular flexibility index (Phi) is 5.55. The van der Waals surface area contributed by atoms with Crippen LogP contribution in [0.2, 0.25) is 0 Å². The minimum atomic E-state index is -0.601. The summed E-state index contributed by atoms with van der Waals surface area (Å²) in [5, 5.41) is 6.03. The molecule has 1 heterocycles. The number of methoxy groups -OCH3 is 1. The highest BCUT2D eigenvalue weighted by Gasteiger charge is 2.59. The number of nitrogens with zero attached hydrogens (tertiary/aromatic N) is 1. The number of carbonyl (C=O) groups is 3.